The normalized spacial score (nSPS) is 19.0. The molecule has 0 spiro atoms. The molecule has 4 rings (SSSR count). The van der Waals surface area contributed by atoms with Crippen LogP contribution in [0.2, 0.25) is 0 Å². The highest BCUT2D eigenvalue weighted by Crippen LogP contribution is 2.27. The fraction of sp³-hybridized carbons (Fsp3) is 0.440. The van der Waals surface area contributed by atoms with Gasteiger partial charge >= 0.3 is 0 Å². The van der Waals surface area contributed by atoms with Crippen LogP contribution in [0.25, 0.3) is 0 Å². The standard InChI is InChI=1S/C25H31N3O4/c1-31-22-14-19(15-23(16-22)32-2)25(30)27-11-8-18(9-12-27)24(29)28-13-10-21(17-28)26-20-6-4-3-5-7-20/h3-7,14-16,18,21,26H,8-13,17H2,1-2H3. The molecule has 32 heavy (non-hydrogen) atoms. The summed E-state index contributed by atoms with van der Waals surface area (Å²) >= 11 is 0. The number of hydrogen-bond donors (Lipinski definition) is 1. The van der Waals surface area contributed by atoms with E-state index in [9.17, 15) is 9.59 Å². The quantitative estimate of drug-likeness (QED) is 0.751. The number of rotatable bonds is 6. The molecule has 2 saturated heterocycles. The van der Waals surface area contributed by atoms with E-state index in [0.29, 0.717) is 43.0 Å². The summed E-state index contributed by atoms with van der Waals surface area (Å²) in [4.78, 5) is 29.9. The first-order chi connectivity index (χ1) is 15.6. The van der Waals surface area contributed by atoms with Crippen LogP contribution in [0.15, 0.2) is 48.5 Å². The van der Waals surface area contributed by atoms with E-state index in [0.717, 1.165) is 25.2 Å². The van der Waals surface area contributed by atoms with Gasteiger partial charge in [-0.15, -0.1) is 0 Å². The van der Waals surface area contributed by atoms with Crippen LogP contribution < -0.4 is 14.8 Å². The molecule has 170 valence electrons. The molecular weight excluding hydrogens is 406 g/mol. The van der Waals surface area contributed by atoms with E-state index >= 15 is 0 Å². The first kappa shape index (κ1) is 22.0. The molecule has 0 radical (unpaired) electrons. The highest BCUT2D eigenvalue weighted by molar-refractivity contribution is 5.95. The van der Waals surface area contributed by atoms with Gasteiger partial charge in [-0.25, -0.2) is 0 Å². The van der Waals surface area contributed by atoms with Gasteiger partial charge in [-0.2, -0.15) is 0 Å². The fourth-order valence-corrected chi connectivity index (χ4v) is 4.55. The molecule has 2 amide bonds. The number of benzene rings is 2. The lowest BCUT2D eigenvalue weighted by Gasteiger charge is -2.33. The van der Waals surface area contributed by atoms with Crippen molar-refractivity contribution in [2.24, 2.45) is 5.92 Å². The van der Waals surface area contributed by atoms with Crippen LogP contribution in [0.5, 0.6) is 11.5 Å². The van der Waals surface area contributed by atoms with E-state index in [1.54, 1.807) is 32.4 Å². The van der Waals surface area contributed by atoms with Gasteiger partial charge in [0.25, 0.3) is 5.91 Å². The van der Waals surface area contributed by atoms with Crippen LogP contribution in [-0.4, -0.2) is 68.1 Å². The Morgan fingerprint density at radius 1 is 0.875 bits per heavy atom. The number of nitrogens with zero attached hydrogens (tertiary/aromatic N) is 2. The molecule has 7 heteroatoms. The Morgan fingerprint density at radius 3 is 2.12 bits per heavy atom. The first-order valence-corrected chi connectivity index (χ1v) is 11.2. The van der Waals surface area contributed by atoms with Gasteiger partial charge in [-0.3, -0.25) is 9.59 Å². The van der Waals surface area contributed by atoms with Gasteiger partial charge in [0.2, 0.25) is 5.91 Å². The lowest BCUT2D eigenvalue weighted by atomic mass is 9.95. The summed E-state index contributed by atoms with van der Waals surface area (Å²) in [6.07, 6.45) is 2.34. The number of piperidine rings is 1. The van der Waals surface area contributed by atoms with Crippen molar-refractivity contribution in [1.82, 2.24) is 9.80 Å². The zero-order valence-electron chi connectivity index (χ0n) is 18.8. The van der Waals surface area contributed by atoms with Crippen LogP contribution in [0, 0.1) is 5.92 Å². The van der Waals surface area contributed by atoms with Crippen molar-refractivity contribution < 1.29 is 19.1 Å². The lowest BCUT2D eigenvalue weighted by molar-refractivity contribution is -0.135. The SMILES string of the molecule is COc1cc(OC)cc(C(=O)N2CCC(C(=O)N3CCC(Nc4ccccc4)C3)CC2)c1. The third-order valence-corrected chi connectivity index (χ3v) is 6.37. The van der Waals surface area contributed by atoms with Crippen LogP contribution in [0.1, 0.15) is 29.6 Å². The minimum absolute atomic E-state index is 0.0191. The van der Waals surface area contributed by atoms with Gasteiger partial charge in [0, 0.05) is 55.5 Å². The lowest BCUT2D eigenvalue weighted by Crippen LogP contribution is -2.44. The summed E-state index contributed by atoms with van der Waals surface area (Å²) in [6.45, 7) is 2.67. The van der Waals surface area contributed by atoms with Crippen LogP contribution >= 0.6 is 0 Å². The van der Waals surface area contributed by atoms with Crippen molar-refractivity contribution >= 4 is 17.5 Å². The second-order valence-electron chi connectivity index (χ2n) is 8.45. The van der Waals surface area contributed by atoms with E-state index in [1.165, 1.54) is 0 Å². The molecule has 2 aromatic rings. The first-order valence-electron chi connectivity index (χ1n) is 11.2. The number of anilines is 1. The van der Waals surface area contributed by atoms with E-state index < -0.39 is 0 Å². The van der Waals surface area contributed by atoms with Crippen molar-refractivity contribution in [2.45, 2.75) is 25.3 Å². The van der Waals surface area contributed by atoms with Crippen molar-refractivity contribution in [2.75, 3.05) is 45.7 Å². The Bertz CT molecular complexity index is 919. The zero-order chi connectivity index (χ0) is 22.5. The Hall–Kier alpha value is -3.22. The number of hydrogen-bond acceptors (Lipinski definition) is 5. The predicted molar refractivity (Wildman–Crippen MR) is 123 cm³/mol. The van der Waals surface area contributed by atoms with Gasteiger partial charge in [0.15, 0.2) is 0 Å². The summed E-state index contributed by atoms with van der Waals surface area (Å²) < 4.78 is 10.6. The summed E-state index contributed by atoms with van der Waals surface area (Å²) in [6, 6.07) is 15.6. The number of amides is 2. The Morgan fingerprint density at radius 2 is 1.50 bits per heavy atom. The Labute approximate surface area is 189 Å². The zero-order valence-corrected chi connectivity index (χ0v) is 18.8. The van der Waals surface area contributed by atoms with Crippen molar-refractivity contribution in [1.29, 1.82) is 0 Å². The number of methoxy groups -OCH3 is 2. The second-order valence-corrected chi connectivity index (χ2v) is 8.45. The Balaban J connectivity index is 1.30. The van der Waals surface area contributed by atoms with Crippen LogP contribution in [0.3, 0.4) is 0 Å². The number of nitrogens with one attached hydrogen (secondary N) is 1. The molecule has 2 aliphatic heterocycles. The van der Waals surface area contributed by atoms with Crippen molar-refractivity contribution in [3.63, 3.8) is 0 Å². The molecular formula is C25H31N3O4. The minimum atomic E-state index is -0.0543. The smallest absolute Gasteiger partial charge is 0.254 e. The third kappa shape index (κ3) is 4.98. The van der Waals surface area contributed by atoms with E-state index in [1.807, 2.05) is 28.0 Å². The molecule has 0 aliphatic carbocycles. The highest BCUT2D eigenvalue weighted by Gasteiger charge is 2.34. The molecule has 2 heterocycles. The van der Waals surface area contributed by atoms with Gasteiger partial charge in [0.1, 0.15) is 11.5 Å². The highest BCUT2D eigenvalue weighted by atomic mass is 16.5. The number of ether oxygens (including phenoxy) is 2. The number of para-hydroxylation sites is 1. The summed E-state index contributed by atoms with van der Waals surface area (Å²) in [5.41, 5.74) is 1.63. The summed E-state index contributed by atoms with van der Waals surface area (Å²) in [5, 5.41) is 3.52. The monoisotopic (exact) mass is 437 g/mol. The van der Waals surface area contributed by atoms with Gasteiger partial charge < -0.3 is 24.6 Å². The summed E-state index contributed by atoms with van der Waals surface area (Å²) in [7, 11) is 3.14. The molecule has 1 N–H and O–H groups in total. The van der Waals surface area contributed by atoms with E-state index in [2.05, 4.69) is 17.4 Å². The molecule has 1 atom stereocenters. The van der Waals surface area contributed by atoms with Crippen molar-refractivity contribution in [3.8, 4) is 11.5 Å². The Kier molecular flexibility index (Phi) is 6.83. The maximum atomic E-state index is 13.1. The molecule has 0 saturated carbocycles. The molecule has 1 unspecified atom stereocenters. The molecule has 2 aromatic carbocycles. The molecule has 2 aliphatic rings. The topological polar surface area (TPSA) is 71.1 Å². The van der Waals surface area contributed by atoms with E-state index in [-0.39, 0.29) is 23.8 Å². The average Bonchev–Trinajstić information content (AvgIpc) is 3.31. The average molecular weight is 438 g/mol. The van der Waals surface area contributed by atoms with Gasteiger partial charge in [0.05, 0.1) is 14.2 Å². The largest absolute Gasteiger partial charge is 0.497 e. The van der Waals surface area contributed by atoms with Gasteiger partial charge in [-0.1, -0.05) is 18.2 Å². The van der Waals surface area contributed by atoms with E-state index in [4.69, 9.17) is 9.47 Å². The van der Waals surface area contributed by atoms with Gasteiger partial charge in [-0.05, 0) is 43.5 Å². The maximum Gasteiger partial charge on any atom is 0.254 e. The van der Waals surface area contributed by atoms with Crippen LogP contribution in [-0.2, 0) is 4.79 Å². The maximum absolute atomic E-state index is 13.1. The summed E-state index contributed by atoms with van der Waals surface area (Å²) in [5.74, 6) is 1.32. The predicted octanol–water partition coefficient (Wildman–Crippen LogP) is 3.27. The third-order valence-electron chi connectivity index (χ3n) is 6.37. The van der Waals surface area contributed by atoms with Crippen LogP contribution in [0.4, 0.5) is 5.69 Å². The number of carbonyl (C=O) groups is 2. The molecule has 0 aromatic heterocycles. The second kappa shape index (κ2) is 9.94. The fourth-order valence-electron chi connectivity index (χ4n) is 4.55. The number of carbonyl (C=O) groups excluding carboxylic acids is 2. The number of likely N-dealkylation sites (tertiary alicyclic amines) is 2. The molecule has 2 fully saturated rings. The van der Waals surface area contributed by atoms with Crippen molar-refractivity contribution in [3.05, 3.63) is 54.1 Å². The molecule has 7 nitrogen and oxygen atoms in total. The molecule has 0 bridgehead atoms. The minimum Gasteiger partial charge on any atom is -0.497 e.